The van der Waals surface area contributed by atoms with E-state index < -0.39 is 0 Å². The molecule has 23 heavy (non-hydrogen) atoms. The van der Waals surface area contributed by atoms with Gasteiger partial charge in [-0.05, 0) is 56.7 Å². The van der Waals surface area contributed by atoms with Gasteiger partial charge < -0.3 is 9.64 Å². The fourth-order valence-electron chi connectivity index (χ4n) is 3.66. The van der Waals surface area contributed by atoms with Crippen LogP contribution in [0.15, 0.2) is 23.8 Å². The minimum atomic E-state index is 0.175. The fraction of sp³-hybridized carbons (Fsp3) is 0.550. The second-order valence-corrected chi connectivity index (χ2v) is 7.31. The van der Waals surface area contributed by atoms with Crippen molar-refractivity contribution in [1.82, 2.24) is 0 Å². The van der Waals surface area contributed by atoms with Crippen molar-refractivity contribution in [3.8, 4) is 0 Å². The molecule has 2 heterocycles. The van der Waals surface area contributed by atoms with Crippen molar-refractivity contribution >= 4 is 17.2 Å². The summed E-state index contributed by atoms with van der Waals surface area (Å²) < 4.78 is 5.47. The molecule has 0 spiro atoms. The Morgan fingerprint density at radius 1 is 1.13 bits per heavy atom. The van der Waals surface area contributed by atoms with Gasteiger partial charge in [-0.2, -0.15) is 0 Å². The van der Waals surface area contributed by atoms with Crippen LogP contribution in [0.1, 0.15) is 51.7 Å². The highest BCUT2D eigenvalue weighted by molar-refractivity contribution is 6.33. The average molecular weight is 313 g/mol. The molecule has 1 saturated heterocycles. The Labute approximate surface area is 139 Å². The zero-order valence-corrected chi connectivity index (χ0v) is 14.7. The number of ether oxygens (including phenoxy) is 1. The average Bonchev–Trinajstić information content (AvgIpc) is 2.79. The molecule has 3 nitrogen and oxygen atoms in total. The number of fused-ring (bicyclic) bond motifs is 1. The summed E-state index contributed by atoms with van der Waals surface area (Å²) in [5, 5.41) is 0. The summed E-state index contributed by atoms with van der Waals surface area (Å²) in [5.74, 6) is 0.791. The van der Waals surface area contributed by atoms with Crippen molar-refractivity contribution in [2.24, 2.45) is 5.92 Å². The van der Waals surface area contributed by atoms with Crippen LogP contribution >= 0.6 is 0 Å². The smallest absolute Gasteiger partial charge is 0.259 e. The maximum atomic E-state index is 13.1. The first-order valence-corrected chi connectivity index (χ1v) is 8.75. The van der Waals surface area contributed by atoms with E-state index in [1.54, 1.807) is 0 Å². The number of benzene rings is 1. The number of carbonyl (C=O) groups excluding carboxylic acids is 1. The van der Waals surface area contributed by atoms with Gasteiger partial charge in [-0.15, -0.1) is 0 Å². The molecule has 3 rings (SSSR count). The topological polar surface area (TPSA) is 29.5 Å². The van der Waals surface area contributed by atoms with Gasteiger partial charge in [0.1, 0.15) is 0 Å². The van der Waals surface area contributed by atoms with Crippen molar-refractivity contribution < 1.29 is 9.53 Å². The Morgan fingerprint density at radius 3 is 2.43 bits per heavy atom. The monoisotopic (exact) mass is 313 g/mol. The van der Waals surface area contributed by atoms with Crippen molar-refractivity contribution in [3.05, 3.63) is 34.9 Å². The summed E-state index contributed by atoms with van der Waals surface area (Å²) in [6, 6.07) is 6.74. The van der Waals surface area contributed by atoms with E-state index in [9.17, 15) is 4.79 Å². The summed E-state index contributed by atoms with van der Waals surface area (Å²) >= 11 is 0. The second kappa shape index (κ2) is 6.48. The standard InChI is InChI=1S/C20H27NO2/c1-13(2)11-15-5-6-18-17(12-15)19(16-7-9-23-10-8-16)20(22)21(18)14(3)4/h5-6,12-14H,7-11H2,1-4H3. The van der Waals surface area contributed by atoms with E-state index in [-0.39, 0.29) is 11.9 Å². The number of rotatable bonds is 3. The van der Waals surface area contributed by atoms with E-state index >= 15 is 0 Å². The molecule has 3 heteroatoms. The summed E-state index contributed by atoms with van der Waals surface area (Å²) in [6.07, 6.45) is 2.80. The quantitative estimate of drug-likeness (QED) is 0.783. The summed E-state index contributed by atoms with van der Waals surface area (Å²) in [4.78, 5) is 15.0. The molecule has 0 radical (unpaired) electrons. The van der Waals surface area contributed by atoms with Gasteiger partial charge in [0.2, 0.25) is 0 Å². The van der Waals surface area contributed by atoms with Crippen molar-refractivity contribution in [2.45, 2.75) is 53.0 Å². The molecule has 1 aromatic carbocycles. The van der Waals surface area contributed by atoms with E-state index in [0.29, 0.717) is 5.92 Å². The summed E-state index contributed by atoms with van der Waals surface area (Å²) in [6.45, 7) is 10.1. The number of nitrogens with zero attached hydrogens (tertiary/aromatic N) is 1. The van der Waals surface area contributed by atoms with Gasteiger partial charge in [-0.1, -0.05) is 25.5 Å². The lowest BCUT2D eigenvalue weighted by Gasteiger charge is -2.22. The summed E-state index contributed by atoms with van der Waals surface area (Å²) in [5.41, 5.74) is 5.75. The van der Waals surface area contributed by atoms with Crippen molar-refractivity contribution in [2.75, 3.05) is 18.1 Å². The molecule has 1 amide bonds. The first-order valence-electron chi connectivity index (χ1n) is 8.75. The molecule has 124 valence electrons. The normalized spacial score (nSPS) is 18.3. The van der Waals surface area contributed by atoms with Crippen LogP contribution in [0.5, 0.6) is 0 Å². The molecule has 2 aliphatic heterocycles. The minimum Gasteiger partial charge on any atom is -0.381 e. The van der Waals surface area contributed by atoms with Crippen LogP contribution in [-0.4, -0.2) is 25.2 Å². The third-order valence-electron chi connectivity index (χ3n) is 4.63. The van der Waals surface area contributed by atoms with Gasteiger partial charge in [-0.3, -0.25) is 4.79 Å². The summed E-state index contributed by atoms with van der Waals surface area (Å²) in [7, 11) is 0. The molecule has 1 fully saturated rings. The van der Waals surface area contributed by atoms with Crippen LogP contribution in [0.3, 0.4) is 0 Å². The minimum absolute atomic E-state index is 0.175. The lowest BCUT2D eigenvalue weighted by atomic mass is 9.93. The van der Waals surface area contributed by atoms with Gasteiger partial charge in [0, 0.05) is 17.2 Å². The third kappa shape index (κ3) is 3.07. The van der Waals surface area contributed by atoms with Gasteiger partial charge in [-0.25, -0.2) is 0 Å². The Bertz CT molecular complexity index is 635. The van der Waals surface area contributed by atoms with Crippen LogP contribution in [-0.2, 0) is 16.0 Å². The van der Waals surface area contributed by atoms with Crippen molar-refractivity contribution in [1.29, 1.82) is 0 Å². The lowest BCUT2D eigenvalue weighted by Crippen LogP contribution is -2.33. The first-order chi connectivity index (χ1) is 11.0. The Balaban J connectivity index is 2.10. The number of hydrogen-bond donors (Lipinski definition) is 0. The zero-order valence-electron chi connectivity index (χ0n) is 14.7. The number of carbonyl (C=O) groups is 1. The molecule has 0 unspecified atom stereocenters. The molecule has 2 aliphatic rings. The molecule has 1 aromatic rings. The molecule has 0 aromatic heterocycles. The Morgan fingerprint density at radius 2 is 1.83 bits per heavy atom. The van der Waals surface area contributed by atoms with E-state index in [2.05, 4.69) is 45.9 Å². The predicted octanol–water partition coefficient (Wildman–Crippen LogP) is 4.20. The SMILES string of the molecule is CC(C)Cc1ccc2c(c1)C(=C1CCOCC1)C(=O)N2C(C)C. The van der Waals surface area contributed by atoms with Gasteiger partial charge in [0.15, 0.2) is 0 Å². The Hall–Kier alpha value is -1.61. The number of anilines is 1. The maximum Gasteiger partial charge on any atom is 0.259 e. The zero-order chi connectivity index (χ0) is 16.6. The molecule has 0 saturated carbocycles. The molecule has 0 aliphatic carbocycles. The van der Waals surface area contributed by atoms with Crippen LogP contribution in [0, 0.1) is 5.92 Å². The highest BCUT2D eigenvalue weighted by Crippen LogP contribution is 2.42. The van der Waals surface area contributed by atoms with Gasteiger partial charge in [0.05, 0.1) is 18.9 Å². The molecule has 0 atom stereocenters. The molecular weight excluding hydrogens is 286 g/mol. The molecule has 0 N–H and O–H groups in total. The highest BCUT2D eigenvalue weighted by Gasteiger charge is 2.36. The van der Waals surface area contributed by atoms with Crippen LogP contribution in [0.2, 0.25) is 0 Å². The van der Waals surface area contributed by atoms with E-state index in [1.165, 1.54) is 11.1 Å². The fourth-order valence-corrected chi connectivity index (χ4v) is 3.66. The van der Waals surface area contributed by atoms with Gasteiger partial charge >= 0.3 is 0 Å². The van der Waals surface area contributed by atoms with E-state index in [4.69, 9.17) is 4.74 Å². The van der Waals surface area contributed by atoms with Crippen LogP contribution in [0.4, 0.5) is 5.69 Å². The lowest BCUT2D eigenvalue weighted by molar-refractivity contribution is -0.113. The maximum absolute atomic E-state index is 13.1. The largest absolute Gasteiger partial charge is 0.381 e. The van der Waals surface area contributed by atoms with E-state index in [1.807, 2.05) is 4.90 Å². The van der Waals surface area contributed by atoms with Gasteiger partial charge in [0.25, 0.3) is 5.91 Å². The predicted molar refractivity (Wildman–Crippen MR) is 94.6 cm³/mol. The van der Waals surface area contributed by atoms with Crippen LogP contribution in [0.25, 0.3) is 5.57 Å². The van der Waals surface area contributed by atoms with Crippen LogP contribution < -0.4 is 4.90 Å². The number of hydrogen-bond acceptors (Lipinski definition) is 2. The van der Waals surface area contributed by atoms with Crippen molar-refractivity contribution in [3.63, 3.8) is 0 Å². The first kappa shape index (κ1) is 16.3. The molecular formula is C20H27NO2. The molecule has 0 bridgehead atoms. The third-order valence-corrected chi connectivity index (χ3v) is 4.63. The van der Waals surface area contributed by atoms with E-state index in [0.717, 1.165) is 49.3 Å². The number of amides is 1. The highest BCUT2D eigenvalue weighted by atomic mass is 16.5. The second-order valence-electron chi connectivity index (χ2n) is 7.31. The Kier molecular flexibility index (Phi) is 4.58.